The monoisotopic (exact) mass is 274 g/mol. The predicted molar refractivity (Wildman–Crippen MR) is 68.4 cm³/mol. The first-order valence-corrected chi connectivity index (χ1v) is 6.61. The molecule has 1 fully saturated rings. The van der Waals surface area contributed by atoms with Gasteiger partial charge in [-0.2, -0.15) is 0 Å². The number of hydrogen-bond acceptors (Lipinski definition) is 5. The van der Waals surface area contributed by atoms with E-state index in [1.54, 1.807) is 0 Å². The maximum absolute atomic E-state index is 11.7. The highest BCUT2D eigenvalue weighted by molar-refractivity contribution is 6.37. The second-order valence-corrected chi connectivity index (χ2v) is 5.92. The minimum atomic E-state index is -0.972. The van der Waals surface area contributed by atoms with Gasteiger partial charge in [-0.3, -0.25) is 4.79 Å². The van der Waals surface area contributed by atoms with E-state index in [1.165, 1.54) is 0 Å². The molecule has 3 atom stereocenters. The number of carbonyl (C=O) groups excluding carboxylic acids is 2. The molecule has 0 aliphatic carbocycles. The minimum absolute atomic E-state index is 0.374. The fourth-order valence-electron chi connectivity index (χ4n) is 1.98. The van der Waals surface area contributed by atoms with Gasteiger partial charge in [0, 0.05) is 6.61 Å². The summed E-state index contributed by atoms with van der Waals surface area (Å²) >= 11 is 0. The van der Waals surface area contributed by atoms with Crippen LogP contribution in [-0.4, -0.2) is 73.9 Å². The molecular formula is C13H24NO5+. The highest BCUT2D eigenvalue weighted by Gasteiger charge is 2.49. The summed E-state index contributed by atoms with van der Waals surface area (Å²) in [6, 6.07) is 0. The van der Waals surface area contributed by atoms with Gasteiger partial charge in [0.15, 0.2) is 12.2 Å². The smallest absolute Gasteiger partial charge is 0.378 e. The van der Waals surface area contributed by atoms with Gasteiger partial charge in [0.1, 0.15) is 12.6 Å². The quantitative estimate of drug-likeness (QED) is 0.299. The summed E-state index contributed by atoms with van der Waals surface area (Å²) in [5.41, 5.74) is 0. The molecule has 6 heteroatoms. The van der Waals surface area contributed by atoms with E-state index < -0.39 is 30.1 Å². The molecule has 6 nitrogen and oxygen atoms in total. The van der Waals surface area contributed by atoms with Gasteiger partial charge in [-0.1, -0.05) is 13.3 Å². The fraction of sp³-hybridized carbons (Fsp3) is 0.846. The summed E-state index contributed by atoms with van der Waals surface area (Å²) in [4.78, 5) is 23.0. The Kier molecular flexibility index (Phi) is 5.46. The Morgan fingerprint density at radius 3 is 2.53 bits per heavy atom. The van der Waals surface area contributed by atoms with Crippen LogP contribution in [0.3, 0.4) is 0 Å². The number of cyclic esters (lactones) is 1. The van der Waals surface area contributed by atoms with Crippen LogP contribution in [0, 0.1) is 0 Å². The van der Waals surface area contributed by atoms with Crippen molar-refractivity contribution in [3.05, 3.63) is 0 Å². The summed E-state index contributed by atoms with van der Waals surface area (Å²) < 4.78 is 10.9. The van der Waals surface area contributed by atoms with Gasteiger partial charge in [-0.15, -0.1) is 0 Å². The molecule has 1 aliphatic rings. The van der Waals surface area contributed by atoms with Crippen molar-refractivity contribution in [1.29, 1.82) is 0 Å². The molecule has 0 bridgehead atoms. The number of likely N-dealkylation sites (N-methyl/N-ethyl adjacent to an activating group) is 1. The Labute approximate surface area is 113 Å². The van der Waals surface area contributed by atoms with Crippen LogP contribution in [-0.2, 0) is 19.1 Å². The number of ketones is 1. The summed E-state index contributed by atoms with van der Waals surface area (Å²) in [6.07, 6.45) is -1.05. The molecule has 0 radical (unpaired) electrons. The zero-order valence-corrected chi connectivity index (χ0v) is 12.1. The van der Waals surface area contributed by atoms with E-state index in [0.29, 0.717) is 17.6 Å². The minimum Gasteiger partial charge on any atom is -0.450 e. The maximum Gasteiger partial charge on any atom is 0.378 e. The average molecular weight is 274 g/mol. The number of rotatable bonds is 7. The van der Waals surface area contributed by atoms with Gasteiger partial charge < -0.3 is 19.1 Å². The molecule has 0 amide bonds. The second-order valence-electron chi connectivity index (χ2n) is 5.92. The Morgan fingerprint density at radius 2 is 2.00 bits per heavy atom. The Balaban J connectivity index is 2.68. The van der Waals surface area contributed by atoms with Crippen molar-refractivity contribution in [1.82, 2.24) is 0 Å². The number of esters is 1. The average Bonchev–Trinajstić information content (AvgIpc) is 2.55. The predicted octanol–water partition coefficient (Wildman–Crippen LogP) is -0.267. The Hall–Kier alpha value is -0.980. The van der Waals surface area contributed by atoms with Crippen molar-refractivity contribution < 1.29 is 28.7 Å². The number of quaternary nitrogens is 1. The SMILES string of the molecule is CCCCOC1C(=O)C(=O)OC1C(O)C[N+](C)(C)C. The van der Waals surface area contributed by atoms with Crippen LogP contribution in [0.4, 0.5) is 0 Å². The van der Waals surface area contributed by atoms with Crippen LogP contribution < -0.4 is 0 Å². The standard InChI is InChI=1S/C13H24NO5/c1-5-6-7-18-12-10(16)13(17)19-11(12)9(15)8-14(2,3)4/h9,11-12,15H,5-8H2,1-4H3/q+1. The summed E-state index contributed by atoms with van der Waals surface area (Å²) in [5.74, 6) is -1.60. The van der Waals surface area contributed by atoms with E-state index in [0.717, 1.165) is 12.8 Å². The van der Waals surface area contributed by atoms with Crippen molar-refractivity contribution >= 4 is 11.8 Å². The molecule has 110 valence electrons. The molecule has 1 rings (SSSR count). The van der Waals surface area contributed by atoms with Crippen molar-refractivity contribution in [2.75, 3.05) is 34.3 Å². The summed E-state index contributed by atoms with van der Waals surface area (Å²) in [6.45, 7) is 2.76. The molecule has 0 spiro atoms. The maximum atomic E-state index is 11.7. The van der Waals surface area contributed by atoms with Gasteiger partial charge in [0.05, 0.1) is 21.1 Å². The van der Waals surface area contributed by atoms with Crippen LogP contribution in [0.25, 0.3) is 0 Å². The van der Waals surface area contributed by atoms with Gasteiger partial charge >= 0.3 is 5.97 Å². The topological polar surface area (TPSA) is 72.8 Å². The number of ether oxygens (including phenoxy) is 2. The van der Waals surface area contributed by atoms with Crippen molar-refractivity contribution in [2.24, 2.45) is 0 Å². The lowest BCUT2D eigenvalue weighted by Crippen LogP contribution is -2.49. The number of aliphatic hydroxyl groups is 1. The van der Waals surface area contributed by atoms with Gasteiger partial charge in [-0.25, -0.2) is 4.79 Å². The highest BCUT2D eigenvalue weighted by atomic mass is 16.6. The van der Waals surface area contributed by atoms with Crippen LogP contribution in [0.2, 0.25) is 0 Å². The number of nitrogens with zero attached hydrogens (tertiary/aromatic N) is 1. The zero-order valence-electron chi connectivity index (χ0n) is 12.1. The summed E-state index contributed by atoms with van der Waals surface area (Å²) in [5, 5.41) is 10.1. The molecular weight excluding hydrogens is 250 g/mol. The zero-order chi connectivity index (χ0) is 14.6. The van der Waals surface area contributed by atoms with Crippen LogP contribution in [0.5, 0.6) is 0 Å². The number of unbranched alkanes of at least 4 members (excludes halogenated alkanes) is 1. The summed E-state index contributed by atoms with van der Waals surface area (Å²) in [7, 11) is 5.73. The Morgan fingerprint density at radius 1 is 1.37 bits per heavy atom. The lowest BCUT2D eigenvalue weighted by Gasteiger charge is -2.30. The van der Waals surface area contributed by atoms with Crippen LogP contribution >= 0.6 is 0 Å². The van der Waals surface area contributed by atoms with Gasteiger partial charge in [0.2, 0.25) is 0 Å². The van der Waals surface area contributed by atoms with E-state index in [-0.39, 0.29) is 0 Å². The van der Waals surface area contributed by atoms with Gasteiger partial charge in [-0.05, 0) is 6.42 Å². The van der Waals surface area contributed by atoms with E-state index in [4.69, 9.17) is 9.47 Å². The third-order valence-corrected chi connectivity index (χ3v) is 2.91. The molecule has 0 aromatic heterocycles. The third kappa shape index (κ3) is 4.56. The lowest BCUT2D eigenvalue weighted by atomic mass is 10.1. The van der Waals surface area contributed by atoms with Crippen molar-refractivity contribution in [2.45, 2.75) is 38.1 Å². The number of hydrogen-bond donors (Lipinski definition) is 1. The normalized spacial score (nSPS) is 25.5. The first-order chi connectivity index (χ1) is 8.76. The first kappa shape index (κ1) is 16.1. The molecule has 1 heterocycles. The molecule has 1 N–H and O–H groups in total. The van der Waals surface area contributed by atoms with Crippen molar-refractivity contribution in [3.8, 4) is 0 Å². The molecule has 0 saturated carbocycles. The number of aliphatic hydroxyl groups excluding tert-OH is 1. The molecule has 1 saturated heterocycles. The van der Waals surface area contributed by atoms with E-state index in [9.17, 15) is 14.7 Å². The molecule has 0 aromatic rings. The largest absolute Gasteiger partial charge is 0.450 e. The van der Waals surface area contributed by atoms with Crippen molar-refractivity contribution in [3.63, 3.8) is 0 Å². The lowest BCUT2D eigenvalue weighted by molar-refractivity contribution is -0.874. The van der Waals surface area contributed by atoms with E-state index in [1.807, 2.05) is 28.1 Å². The fourth-order valence-corrected chi connectivity index (χ4v) is 1.98. The van der Waals surface area contributed by atoms with E-state index in [2.05, 4.69) is 0 Å². The van der Waals surface area contributed by atoms with E-state index >= 15 is 0 Å². The van der Waals surface area contributed by atoms with Gasteiger partial charge in [0.25, 0.3) is 5.78 Å². The number of Topliss-reactive ketones (excluding diaryl/α,β-unsaturated/α-hetero) is 1. The highest BCUT2D eigenvalue weighted by Crippen LogP contribution is 2.20. The molecule has 0 aromatic carbocycles. The third-order valence-electron chi connectivity index (χ3n) is 2.91. The molecule has 19 heavy (non-hydrogen) atoms. The second kappa shape index (κ2) is 6.45. The van der Waals surface area contributed by atoms with Crippen LogP contribution in [0.15, 0.2) is 0 Å². The Bertz CT molecular complexity index is 336. The molecule has 1 aliphatic heterocycles. The number of carbonyl (C=O) groups is 2. The molecule has 3 unspecified atom stereocenters. The van der Waals surface area contributed by atoms with Crippen LogP contribution in [0.1, 0.15) is 19.8 Å². The first-order valence-electron chi connectivity index (χ1n) is 6.61.